The molecule has 1 aliphatic carbocycles. The molecule has 1 saturated carbocycles. The molecule has 2 saturated heterocycles. The van der Waals surface area contributed by atoms with Crippen molar-refractivity contribution >= 4 is 11.8 Å². The van der Waals surface area contributed by atoms with Gasteiger partial charge in [0.15, 0.2) is 0 Å². The van der Waals surface area contributed by atoms with Crippen LogP contribution in [0.25, 0.3) is 0 Å². The molecule has 0 N–H and O–H groups in total. The molecule has 2 amide bonds. The highest BCUT2D eigenvalue weighted by Gasteiger charge is 2.32. The van der Waals surface area contributed by atoms with Crippen LogP contribution in [0.5, 0.6) is 5.75 Å². The topological polar surface area (TPSA) is 49.9 Å². The summed E-state index contributed by atoms with van der Waals surface area (Å²) >= 11 is 0. The van der Waals surface area contributed by atoms with Gasteiger partial charge in [0.1, 0.15) is 5.75 Å². The van der Waals surface area contributed by atoms with Crippen molar-refractivity contribution in [3.8, 4) is 5.75 Å². The molecule has 4 rings (SSSR count). The molecule has 27 heavy (non-hydrogen) atoms. The van der Waals surface area contributed by atoms with Crippen molar-refractivity contribution < 1.29 is 14.3 Å². The van der Waals surface area contributed by atoms with E-state index >= 15 is 0 Å². The molecule has 3 aliphatic rings. The van der Waals surface area contributed by atoms with Gasteiger partial charge in [0, 0.05) is 32.1 Å². The molecular formula is C22H30N2O3. The lowest BCUT2D eigenvalue weighted by Crippen LogP contribution is -2.44. The zero-order valence-electron chi connectivity index (χ0n) is 16.1. The summed E-state index contributed by atoms with van der Waals surface area (Å²) < 4.78 is 6.08. The molecule has 2 heterocycles. The number of amides is 2. The molecule has 2 aliphatic heterocycles. The van der Waals surface area contributed by atoms with Crippen LogP contribution in [0.15, 0.2) is 24.3 Å². The number of ether oxygens (including phenoxy) is 1. The Balaban J connectivity index is 1.29. The SMILES string of the molecule is O=C(c1ccccc1OCC1CCN(C(=O)C2CCC2)CC1)N1CCCC1. The minimum absolute atomic E-state index is 0.0871. The molecule has 0 atom stereocenters. The van der Waals surface area contributed by atoms with Crippen LogP contribution in [0.4, 0.5) is 0 Å². The van der Waals surface area contributed by atoms with E-state index in [-0.39, 0.29) is 5.91 Å². The van der Waals surface area contributed by atoms with E-state index in [0.717, 1.165) is 64.7 Å². The number of hydrogen-bond acceptors (Lipinski definition) is 3. The van der Waals surface area contributed by atoms with Crippen molar-refractivity contribution in [2.24, 2.45) is 11.8 Å². The van der Waals surface area contributed by atoms with Gasteiger partial charge in [-0.15, -0.1) is 0 Å². The molecule has 3 fully saturated rings. The third kappa shape index (κ3) is 4.12. The van der Waals surface area contributed by atoms with E-state index in [1.807, 2.05) is 34.1 Å². The van der Waals surface area contributed by atoms with Crippen LogP contribution in [0, 0.1) is 11.8 Å². The first-order chi connectivity index (χ1) is 13.2. The molecule has 1 aromatic rings. The van der Waals surface area contributed by atoms with Gasteiger partial charge < -0.3 is 14.5 Å². The maximum atomic E-state index is 12.7. The summed E-state index contributed by atoms with van der Waals surface area (Å²) in [7, 11) is 0. The predicted molar refractivity (Wildman–Crippen MR) is 104 cm³/mol. The van der Waals surface area contributed by atoms with Crippen molar-refractivity contribution in [1.82, 2.24) is 9.80 Å². The Labute approximate surface area is 161 Å². The standard InChI is InChI=1S/C22H30N2O3/c25-21(18-6-5-7-18)24-14-10-17(11-15-24)16-27-20-9-2-1-8-19(20)22(26)23-12-3-4-13-23/h1-2,8-9,17-18H,3-7,10-16H2. The van der Waals surface area contributed by atoms with Gasteiger partial charge in [-0.05, 0) is 56.6 Å². The van der Waals surface area contributed by atoms with Crippen LogP contribution in [-0.4, -0.2) is 54.4 Å². The average Bonchev–Trinajstić information content (AvgIpc) is 3.20. The highest BCUT2D eigenvalue weighted by atomic mass is 16.5. The van der Waals surface area contributed by atoms with Crippen LogP contribution in [0.2, 0.25) is 0 Å². The number of para-hydroxylation sites is 1. The zero-order valence-corrected chi connectivity index (χ0v) is 16.1. The Morgan fingerprint density at radius 3 is 2.26 bits per heavy atom. The van der Waals surface area contributed by atoms with Gasteiger partial charge in [-0.3, -0.25) is 9.59 Å². The van der Waals surface area contributed by atoms with E-state index in [1.165, 1.54) is 6.42 Å². The van der Waals surface area contributed by atoms with Crippen LogP contribution < -0.4 is 4.74 Å². The minimum Gasteiger partial charge on any atom is -0.492 e. The van der Waals surface area contributed by atoms with Gasteiger partial charge in [0.05, 0.1) is 12.2 Å². The molecule has 1 aromatic carbocycles. The van der Waals surface area contributed by atoms with Gasteiger partial charge in [0.25, 0.3) is 5.91 Å². The Kier molecular flexibility index (Phi) is 5.65. The number of carbonyl (C=O) groups excluding carboxylic acids is 2. The summed E-state index contributed by atoms with van der Waals surface area (Å²) in [5.41, 5.74) is 0.678. The normalized spacial score (nSPS) is 21.2. The predicted octanol–water partition coefficient (Wildman–Crippen LogP) is 3.34. The first-order valence-electron chi connectivity index (χ1n) is 10.5. The molecule has 146 valence electrons. The molecular weight excluding hydrogens is 340 g/mol. The second kappa shape index (κ2) is 8.32. The quantitative estimate of drug-likeness (QED) is 0.799. The van der Waals surface area contributed by atoms with E-state index < -0.39 is 0 Å². The molecule has 0 radical (unpaired) electrons. The number of piperidine rings is 1. The summed E-state index contributed by atoms with van der Waals surface area (Å²) in [6.45, 7) is 4.01. The first-order valence-corrected chi connectivity index (χ1v) is 10.5. The number of benzene rings is 1. The maximum Gasteiger partial charge on any atom is 0.257 e. The summed E-state index contributed by atoms with van der Waals surface area (Å²) in [5, 5.41) is 0. The number of rotatable bonds is 5. The number of nitrogens with zero attached hydrogens (tertiary/aromatic N) is 2. The lowest BCUT2D eigenvalue weighted by Gasteiger charge is -2.36. The van der Waals surface area contributed by atoms with Crippen molar-refractivity contribution in [3.63, 3.8) is 0 Å². The molecule has 0 aromatic heterocycles. The fourth-order valence-electron chi connectivity index (χ4n) is 4.30. The van der Waals surface area contributed by atoms with E-state index in [0.29, 0.717) is 35.7 Å². The molecule has 5 heteroatoms. The number of carbonyl (C=O) groups is 2. The van der Waals surface area contributed by atoms with Crippen LogP contribution in [0.3, 0.4) is 0 Å². The Morgan fingerprint density at radius 2 is 1.59 bits per heavy atom. The van der Waals surface area contributed by atoms with Gasteiger partial charge in [-0.1, -0.05) is 18.6 Å². The molecule has 0 bridgehead atoms. The van der Waals surface area contributed by atoms with E-state index in [1.54, 1.807) is 0 Å². The Morgan fingerprint density at radius 1 is 0.889 bits per heavy atom. The van der Waals surface area contributed by atoms with Crippen LogP contribution in [0.1, 0.15) is 55.3 Å². The number of likely N-dealkylation sites (tertiary alicyclic amines) is 2. The van der Waals surface area contributed by atoms with Gasteiger partial charge >= 0.3 is 0 Å². The smallest absolute Gasteiger partial charge is 0.257 e. The second-order valence-electron chi connectivity index (χ2n) is 8.20. The summed E-state index contributed by atoms with van der Waals surface area (Å²) in [4.78, 5) is 29.1. The largest absolute Gasteiger partial charge is 0.492 e. The van der Waals surface area contributed by atoms with E-state index in [9.17, 15) is 9.59 Å². The lowest BCUT2D eigenvalue weighted by atomic mass is 9.83. The fourth-order valence-corrected chi connectivity index (χ4v) is 4.30. The second-order valence-corrected chi connectivity index (χ2v) is 8.20. The molecule has 5 nitrogen and oxygen atoms in total. The van der Waals surface area contributed by atoms with Crippen LogP contribution in [-0.2, 0) is 4.79 Å². The molecule has 0 spiro atoms. The van der Waals surface area contributed by atoms with Crippen molar-refractivity contribution in [3.05, 3.63) is 29.8 Å². The van der Waals surface area contributed by atoms with E-state index in [2.05, 4.69) is 0 Å². The average molecular weight is 370 g/mol. The minimum atomic E-state index is 0.0871. The first kappa shape index (κ1) is 18.3. The number of hydrogen-bond donors (Lipinski definition) is 0. The third-order valence-corrected chi connectivity index (χ3v) is 6.37. The summed E-state index contributed by atoms with van der Waals surface area (Å²) in [6.07, 6.45) is 7.50. The van der Waals surface area contributed by atoms with Crippen LogP contribution >= 0.6 is 0 Å². The monoisotopic (exact) mass is 370 g/mol. The van der Waals surface area contributed by atoms with Crippen molar-refractivity contribution in [2.75, 3.05) is 32.8 Å². The fraction of sp³-hybridized carbons (Fsp3) is 0.636. The van der Waals surface area contributed by atoms with Gasteiger partial charge in [0.2, 0.25) is 5.91 Å². The highest BCUT2D eigenvalue weighted by Crippen LogP contribution is 2.30. The van der Waals surface area contributed by atoms with Crippen molar-refractivity contribution in [2.45, 2.75) is 44.9 Å². The van der Waals surface area contributed by atoms with Crippen molar-refractivity contribution in [1.29, 1.82) is 0 Å². The molecule has 0 unspecified atom stereocenters. The third-order valence-electron chi connectivity index (χ3n) is 6.37. The van der Waals surface area contributed by atoms with Gasteiger partial charge in [-0.25, -0.2) is 0 Å². The summed E-state index contributed by atoms with van der Waals surface area (Å²) in [5.74, 6) is 1.89. The Bertz CT molecular complexity index is 672. The highest BCUT2D eigenvalue weighted by molar-refractivity contribution is 5.97. The lowest BCUT2D eigenvalue weighted by molar-refractivity contribution is -0.139. The van der Waals surface area contributed by atoms with E-state index in [4.69, 9.17) is 4.74 Å². The Hall–Kier alpha value is -2.04. The zero-order chi connectivity index (χ0) is 18.6. The van der Waals surface area contributed by atoms with Gasteiger partial charge in [-0.2, -0.15) is 0 Å². The maximum absolute atomic E-state index is 12.7. The summed E-state index contributed by atoms with van der Waals surface area (Å²) in [6, 6.07) is 7.60.